The smallest absolute Gasteiger partial charge is 0.0355 e. The molecule has 0 aliphatic heterocycles. The Morgan fingerprint density at radius 2 is 1.92 bits per heavy atom. The Morgan fingerprint density at radius 1 is 1.25 bits per heavy atom. The molecule has 0 spiro atoms. The van der Waals surface area contributed by atoms with Gasteiger partial charge in [-0.15, -0.1) is 0 Å². The molecule has 66 valence electrons. The third-order valence-electron chi connectivity index (χ3n) is 1.85. The fraction of sp³-hybridized carbons (Fsp3) is 0.400. The van der Waals surface area contributed by atoms with E-state index in [9.17, 15) is 0 Å². The maximum atomic E-state index is 3.24. The Labute approximate surface area is 74.2 Å². The average molecular weight is 164 g/mol. The fourth-order valence-electron chi connectivity index (χ4n) is 1.05. The van der Waals surface area contributed by atoms with Gasteiger partial charge in [-0.1, -0.05) is 24.3 Å². The maximum absolute atomic E-state index is 3.24. The van der Waals surface area contributed by atoms with E-state index in [1.165, 1.54) is 11.1 Å². The summed E-state index contributed by atoms with van der Waals surface area (Å²) in [5.74, 6) is 0. The SMILES string of the molecule is Cc1ccccc1CNN(C)C. The summed E-state index contributed by atoms with van der Waals surface area (Å²) in [5.41, 5.74) is 5.93. The topological polar surface area (TPSA) is 15.3 Å². The van der Waals surface area contributed by atoms with Crippen molar-refractivity contribution in [3.05, 3.63) is 35.4 Å². The lowest BCUT2D eigenvalue weighted by molar-refractivity contribution is 0.285. The van der Waals surface area contributed by atoms with Gasteiger partial charge >= 0.3 is 0 Å². The molecule has 1 N–H and O–H groups in total. The highest BCUT2D eigenvalue weighted by Gasteiger charge is 1.95. The molecule has 0 aliphatic rings. The van der Waals surface area contributed by atoms with Gasteiger partial charge in [0.2, 0.25) is 0 Å². The van der Waals surface area contributed by atoms with E-state index in [1.807, 2.05) is 19.1 Å². The molecule has 0 atom stereocenters. The van der Waals surface area contributed by atoms with E-state index in [2.05, 4.69) is 36.6 Å². The van der Waals surface area contributed by atoms with E-state index >= 15 is 0 Å². The molecule has 2 heteroatoms. The zero-order valence-electron chi connectivity index (χ0n) is 7.96. The Kier molecular flexibility index (Phi) is 3.26. The van der Waals surface area contributed by atoms with Gasteiger partial charge in [0.15, 0.2) is 0 Å². The molecular weight excluding hydrogens is 148 g/mol. The largest absolute Gasteiger partial charge is 0.251 e. The normalized spacial score (nSPS) is 10.7. The Bertz CT molecular complexity index is 243. The standard InChI is InChI=1S/C10H16N2/c1-9-6-4-5-7-10(9)8-11-12(2)3/h4-7,11H,8H2,1-3H3. The minimum Gasteiger partial charge on any atom is -0.251 e. The summed E-state index contributed by atoms with van der Waals surface area (Å²) in [5, 5.41) is 1.96. The van der Waals surface area contributed by atoms with Crippen molar-refractivity contribution in [2.75, 3.05) is 14.1 Å². The molecular formula is C10H16N2. The van der Waals surface area contributed by atoms with Gasteiger partial charge in [0.25, 0.3) is 0 Å². The van der Waals surface area contributed by atoms with E-state index in [1.54, 1.807) is 0 Å². The van der Waals surface area contributed by atoms with Crippen LogP contribution in [0.1, 0.15) is 11.1 Å². The number of hydrogen-bond acceptors (Lipinski definition) is 2. The predicted octanol–water partition coefficient (Wildman–Crippen LogP) is 1.56. The molecule has 0 heterocycles. The maximum Gasteiger partial charge on any atom is 0.0355 e. The predicted molar refractivity (Wildman–Crippen MR) is 51.7 cm³/mol. The summed E-state index contributed by atoms with van der Waals surface area (Å²) in [6, 6.07) is 8.41. The second-order valence-corrected chi connectivity index (χ2v) is 3.16. The number of nitrogens with one attached hydrogen (secondary N) is 1. The van der Waals surface area contributed by atoms with E-state index in [-0.39, 0.29) is 0 Å². The van der Waals surface area contributed by atoms with E-state index in [0.29, 0.717) is 0 Å². The van der Waals surface area contributed by atoms with Crippen molar-refractivity contribution in [2.45, 2.75) is 13.5 Å². The molecule has 0 bridgehead atoms. The third kappa shape index (κ3) is 2.64. The monoisotopic (exact) mass is 164 g/mol. The van der Waals surface area contributed by atoms with Crippen LogP contribution in [0, 0.1) is 6.92 Å². The van der Waals surface area contributed by atoms with Gasteiger partial charge in [0.05, 0.1) is 0 Å². The molecule has 1 rings (SSSR count). The molecule has 0 unspecified atom stereocenters. The Morgan fingerprint density at radius 3 is 2.50 bits per heavy atom. The van der Waals surface area contributed by atoms with Crippen LogP contribution in [0.4, 0.5) is 0 Å². The summed E-state index contributed by atoms with van der Waals surface area (Å²) in [7, 11) is 4.00. The number of hydrogen-bond donors (Lipinski definition) is 1. The molecule has 0 saturated carbocycles. The zero-order valence-corrected chi connectivity index (χ0v) is 7.96. The van der Waals surface area contributed by atoms with Crippen molar-refractivity contribution in [1.29, 1.82) is 0 Å². The van der Waals surface area contributed by atoms with Crippen LogP contribution in [-0.4, -0.2) is 19.1 Å². The molecule has 12 heavy (non-hydrogen) atoms. The molecule has 2 nitrogen and oxygen atoms in total. The molecule has 0 fully saturated rings. The first-order valence-electron chi connectivity index (χ1n) is 4.15. The van der Waals surface area contributed by atoms with E-state index in [0.717, 1.165) is 6.54 Å². The van der Waals surface area contributed by atoms with Crippen molar-refractivity contribution in [3.8, 4) is 0 Å². The first-order chi connectivity index (χ1) is 5.70. The number of benzene rings is 1. The summed E-state index contributed by atoms with van der Waals surface area (Å²) in [6.45, 7) is 3.03. The molecule has 1 aromatic rings. The van der Waals surface area contributed by atoms with Crippen molar-refractivity contribution < 1.29 is 0 Å². The van der Waals surface area contributed by atoms with Crippen LogP contribution in [0.25, 0.3) is 0 Å². The first-order valence-corrected chi connectivity index (χ1v) is 4.15. The quantitative estimate of drug-likeness (QED) is 0.682. The lowest BCUT2D eigenvalue weighted by atomic mass is 10.1. The second kappa shape index (κ2) is 4.24. The van der Waals surface area contributed by atoms with Gasteiger partial charge < -0.3 is 0 Å². The summed E-state index contributed by atoms with van der Waals surface area (Å²) >= 11 is 0. The van der Waals surface area contributed by atoms with Gasteiger partial charge in [0, 0.05) is 20.6 Å². The number of aryl methyl sites for hydroxylation is 1. The van der Waals surface area contributed by atoms with Crippen LogP contribution in [0.5, 0.6) is 0 Å². The molecule has 0 saturated heterocycles. The second-order valence-electron chi connectivity index (χ2n) is 3.16. The average Bonchev–Trinajstić information content (AvgIpc) is 2.03. The van der Waals surface area contributed by atoms with Crippen LogP contribution < -0.4 is 5.43 Å². The van der Waals surface area contributed by atoms with E-state index < -0.39 is 0 Å². The lowest BCUT2D eigenvalue weighted by Gasteiger charge is -2.12. The van der Waals surface area contributed by atoms with Crippen molar-refractivity contribution >= 4 is 0 Å². The van der Waals surface area contributed by atoms with Crippen molar-refractivity contribution in [2.24, 2.45) is 0 Å². The van der Waals surface area contributed by atoms with Gasteiger partial charge in [-0.2, -0.15) is 0 Å². The van der Waals surface area contributed by atoms with Crippen LogP contribution >= 0.6 is 0 Å². The highest BCUT2D eigenvalue weighted by molar-refractivity contribution is 5.25. The van der Waals surface area contributed by atoms with Crippen LogP contribution in [0.3, 0.4) is 0 Å². The minimum atomic E-state index is 0.902. The minimum absolute atomic E-state index is 0.902. The number of nitrogens with zero attached hydrogens (tertiary/aromatic N) is 1. The number of rotatable bonds is 3. The molecule has 0 radical (unpaired) electrons. The van der Waals surface area contributed by atoms with Gasteiger partial charge in [-0.05, 0) is 18.1 Å². The molecule has 0 aliphatic carbocycles. The fourth-order valence-corrected chi connectivity index (χ4v) is 1.05. The van der Waals surface area contributed by atoms with Crippen LogP contribution in [0.15, 0.2) is 24.3 Å². The highest BCUT2D eigenvalue weighted by Crippen LogP contribution is 2.05. The van der Waals surface area contributed by atoms with E-state index in [4.69, 9.17) is 0 Å². The molecule has 1 aromatic carbocycles. The summed E-state index contributed by atoms with van der Waals surface area (Å²) in [4.78, 5) is 0. The third-order valence-corrected chi connectivity index (χ3v) is 1.85. The highest BCUT2D eigenvalue weighted by atomic mass is 15.5. The molecule has 0 amide bonds. The number of hydrazine groups is 1. The van der Waals surface area contributed by atoms with Gasteiger partial charge in [-0.25, -0.2) is 0 Å². The van der Waals surface area contributed by atoms with Crippen molar-refractivity contribution in [3.63, 3.8) is 0 Å². The summed E-state index contributed by atoms with van der Waals surface area (Å²) in [6.07, 6.45) is 0. The van der Waals surface area contributed by atoms with Crippen molar-refractivity contribution in [1.82, 2.24) is 10.4 Å². The van der Waals surface area contributed by atoms with Crippen LogP contribution in [-0.2, 0) is 6.54 Å². The lowest BCUT2D eigenvalue weighted by Crippen LogP contribution is -2.29. The van der Waals surface area contributed by atoms with Gasteiger partial charge in [-0.3, -0.25) is 10.4 Å². The first kappa shape index (κ1) is 9.23. The zero-order chi connectivity index (χ0) is 8.97. The Balaban J connectivity index is 2.57. The molecule has 0 aromatic heterocycles. The van der Waals surface area contributed by atoms with Gasteiger partial charge in [0.1, 0.15) is 0 Å². The van der Waals surface area contributed by atoms with Crippen LogP contribution in [0.2, 0.25) is 0 Å². The Hall–Kier alpha value is -0.860. The summed E-state index contributed by atoms with van der Waals surface area (Å²) < 4.78 is 0.